The molecule has 0 aliphatic rings. The van der Waals surface area contributed by atoms with Crippen molar-refractivity contribution in [2.24, 2.45) is 0 Å². The van der Waals surface area contributed by atoms with Crippen LogP contribution < -0.4 is 19.5 Å². The van der Waals surface area contributed by atoms with E-state index in [9.17, 15) is 4.79 Å². The highest BCUT2D eigenvalue weighted by molar-refractivity contribution is 7.15. The molecule has 1 aromatic carbocycles. The lowest BCUT2D eigenvalue weighted by molar-refractivity contribution is 0.0945. The summed E-state index contributed by atoms with van der Waals surface area (Å²) in [4.78, 5) is 22.1. The maximum atomic E-state index is 12.6. The first-order chi connectivity index (χ1) is 13.6. The van der Waals surface area contributed by atoms with Crippen molar-refractivity contribution in [2.75, 3.05) is 21.3 Å². The first-order valence-corrected chi connectivity index (χ1v) is 9.35. The summed E-state index contributed by atoms with van der Waals surface area (Å²) in [5, 5.41) is 3.55. The number of nitrogens with one attached hydrogen (secondary N) is 1. The second kappa shape index (κ2) is 8.71. The van der Waals surface area contributed by atoms with Gasteiger partial charge in [0, 0.05) is 16.6 Å². The van der Waals surface area contributed by atoms with Crippen LogP contribution in [0, 0.1) is 6.92 Å². The molecule has 28 heavy (non-hydrogen) atoms. The smallest absolute Gasteiger partial charge is 0.271 e. The third-order valence-electron chi connectivity index (χ3n) is 4.08. The Morgan fingerprint density at radius 3 is 2.39 bits per heavy atom. The summed E-state index contributed by atoms with van der Waals surface area (Å²) in [6.07, 6.45) is 1.69. The van der Waals surface area contributed by atoms with Gasteiger partial charge in [-0.1, -0.05) is 6.07 Å². The van der Waals surface area contributed by atoms with Gasteiger partial charge in [-0.15, -0.1) is 11.3 Å². The van der Waals surface area contributed by atoms with E-state index < -0.39 is 0 Å². The zero-order valence-corrected chi connectivity index (χ0v) is 16.9. The number of benzene rings is 1. The third kappa shape index (κ3) is 4.07. The number of rotatable bonds is 7. The normalized spacial score (nSPS) is 10.4. The van der Waals surface area contributed by atoms with Crippen LogP contribution in [0.15, 0.2) is 36.5 Å². The fraction of sp³-hybridized carbons (Fsp3) is 0.250. The monoisotopic (exact) mass is 399 g/mol. The van der Waals surface area contributed by atoms with E-state index in [1.165, 1.54) is 11.3 Å². The minimum absolute atomic E-state index is 0.238. The summed E-state index contributed by atoms with van der Waals surface area (Å²) in [6.45, 7) is 2.21. The molecule has 0 unspecified atom stereocenters. The standard InChI is InChI=1S/C20H21N3O4S/c1-12-17(19(24)22-11-14-7-5-6-8-21-14)23-20(28-12)13-9-15(25-2)18(27-4)16(10-13)26-3/h5-10H,11H2,1-4H3,(H,22,24). The van der Waals surface area contributed by atoms with Gasteiger partial charge in [-0.2, -0.15) is 0 Å². The molecule has 146 valence electrons. The van der Waals surface area contributed by atoms with Crippen molar-refractivity contribution in [3.05, 3.63) is 52.8 Å². The van der Waals surface area contributed by atoms with Crippen molar-refractivity contribution in [2.45, 2.75) is 13.5 Å². The number of amides is 1. The van der Waals surface area contributed by atoms with Crippen LogP contribution >= 0.6 is 11.3 Å². The van der Waals surface area contributed by atoms with E-state index in [4.69, 9.17) is 14.2 Å². The van der Waals surface area contributed by atoms with Gasteiger partial charge >= 0.3 is 0 Å². The van der Waals surface area contributed by atoms with E-state index in [0.29, 0.717) is 34.5 Å². The summed E-state index contributed by atoms with van der Waals surface area (Å²) in [7, 11) is 4.67. The molecule has 0 saturated carbocycles. The number of nitrogens with zero attached hydrogens (tertiary/aromatic N) is 2. The van der Waals surface area contributed by atoms with Crippen molar-refractivity contribution in [3.63, 3.8) is 0 Å². The average molecular weight is 399 g/mol. The number of carbonyl (C=O) groups is 1. The van der Waals surface area contributed by atoms with Crippen LogP contribution in [-0.4, -0.2) is 37.2 Å². The van der Waals surface area contributed by atoms with Crippen molar-refractivity contribution in [1.29, 1.82) is 0 Å². The number of pyridine rings is 1. The van der Waals surface area contributed by atoms with Crippen molar-refractivity contribution in [3.8, 4) is 27.8 Å². The molecule has 2 aromatic heterocycles. The summed E-state index contributed by atoms with van der Waals surface area (Å²) in [6, 6.07) is 9.20. The van der Waals surface area contributed by atoms with Crippen LogP contribution in [0.2, 0.25) is 0 Å². The molecule has 0 atom stereocenters. The van der Waals surface area contributed by atoms with Gasteiger partial charge in [0.25, 0.3) is 5.91 Å². The van der Waals surface area contributed by atoms with Crippen molar-refractivity contribution in [1.82, 2.24) is 15.3 Å². The fourth-order valence-corrected chi connectivity index (χ4v) is 3.59. The predicted molar refractivity (Wildman–Crippen MR) is 107 cm³/mol. The molecule has 0 aliphatic carbocycles. The molecular formula is C20H21N3O4S. The number of aromatic nitrogens is 2. The maximum absolute atomic E-state index is 12.6. The molecule has 3 aromatic rings. The van der Waals surface area contributed by atoms with E-state index in [2.05, 4.69) is 15.3 Å². The quantitative estimate of drug-likeness (QED) is 0.655. The Kier molecular flexibility index (Phi) is 6.10. The van der Waals surface area contributed by atoms with E-state index >= 15 is 0 Å². The molecule has 0 spiro atoms. The van der Waals surface area contributed by atoms with Crippen molar-refractivity contribution < 1.29 is 19.0 Å². The Labute approximate surface area is 167 Å². The first kappa shape index (κ1) is 19.6. The highest BCUT2D eigenvalue weighted by Crippen LogP contribution is 2.42. The lowest BCUT2D eigenvalue weighted by Crippen LogP contribution is -2.24. The topological polar surface area (TPSA) is 82.6 Å². The molecule has 0 aliphatic heterocycles. The molecule has 7 nitrogen and oxygen atoms in total. The van der Waals surface area contributed by atoms with E-state index in [0.717, 1.165) is 16.1 Å². The molecular weight excluding hydrogens is 378 g/mol. The van der Waals surface area contributed by atoms with Crippen LogP contribution in [0.5, 0.6) is 17.2 Å². The van der Waals surface area contributed by atoms with Crippen LogP contribution in [0.25, 0.3) is 10.6 Å². The minimum Gasteiger partial charge on any atom is -0.493 e. The maximum Gasteiger partial charge on any atom is 0.271 e. The third-order valence-corrected chi connectivity index (χ3v) is 5.10. The lowest BCUT2D eigenvalue weighted by Gasteiger charge is -2.13. The number of thiazole rings is 1. The summed E-state index contributed by atoms with van der Waals surface area (Å²) in [5.41, 5.74) is 1.96. The van der Waals surface area contributed by atoms with Crippen LogP contribution in [0.1, 0.15) is 21.1 Å². The molecule has 0 bridgehead atoms. The number of carbonyl (C=O) groups excluding carboxylic acids is 1. The number of methoxy groups -OCH3 is 3. The van der Waals surface area contributed by atoms with Gasteiger partial charge in [0.1, 0.15) is 10.7 Å². The Hall–Kier alpha value is -3.13. The van der Waals surface area contributed by atoms with Gasteiger partial charge in [0.05, 0.1) is 33.6 Å². The first-order valence-electron chi connectivity index (χ1n) is 8.53. The number of aryl methyl sites for hydroxylation is 1. The highest BCUT2D eigenvalue weighted by atomic mass is 32.1. The van der Waals surface area contributed by atoms with Gasteiger partial charge in [0.15, 0.2) is 11.5 Å². The zero-order chi connectivity index (χ0) is 20.1. The summed E-state index contributed by atoms with van der Waals surface area (Å²) >= 11 is 1.43. The van der Waals surface area contributed by atoms with E-state index in [1.807, 2.05) is 37.3 Å². The van der Waals surface area contributed by atoms with Gasteiger partial charge in [0.2, 0.25) is 5.75 Å². The van der Waals surface area contributed by atoms with Crippen LogP contribution in [0.4, 0.5) is 0 Å². The molecule has 3 rings (SSSR count). The molecule has 0 radical (unpaired) electrons. The second-order valence-corrected chi connectivity index (χ2v) is 7.04. The molecule has 0 fully saturated rings. The Bertz CT molecular complexity index is 948. The predicted octanol–water partition coefficient (Wildman–Crippen LogP) is 3.47. The molecule has 8 heteroatoms. The number of ether oxygens (including phenoxy) is 3. The largest absolute Gasteiger partial charge is 0.493 e. The second-order valence-electron chi connectivity index (χ2n) is 5.84. The SMILES string of the molecule is COc1cc(-c2nc(C(=O)NCc3ccccn3)c(C)s2)cc(OC)c1OC. The van der Waals surface area contributed by atoms with E-state index in [1.54, 1.807) is 27.5 Å². The van der Waals surface area contributed by atoms with Gasteiger partial charge < -0.3 is 19.5 Å². The summed E-state index contributed by atoms with van der Waals surface area (Å²) in [5.74, 6) is 1.34. The number of hydrogen-bond donors (Lipinski definition) is 1. The Morgan fingerprint density at radius 2 is 1.82 bits per heavy atom. The Balaban J connectivity index is 1.86. The minimum atomic E-state index is -0.238. The Morgan fingerprint density at radius 1 is 1.11 bits per heavy atom. The molecule has 1 N–H and O–H groups in total. The summed E-state index contributed by atoms with van der Waals surface area (Å²) < 4.78 is 16.2. The average Bonchev–Trinajstić information content (AvgIpc) is 3.13. The van der Waals surface area contributed by atoms with Gasteiger partial charge in [-0.05, 0) is 31.2 Å². The van der Waals surface area contributed by atoms with E-state index in [-0.39, 0.29) is 5.91 Å². The van der Waals surface area contributed by atoms with Gasteiger partial charge in [-0.25, -0.2) is 4.98 Å². The lowest BCUT2D eigenvalue weighted by atomic mass is 10.2. The molecule has 2 heterocycles. The van der Waals surface area contributed by atoms with Crippen LogP contribution in [-0.2, 0) is 6.54 Å². The van der Waals surface area contributed by atoms with Crippen molar-refractivity contribution >= 4 is 17.2 Å². The molecule has 0 saturated heterocycles. The number of hydrogen-bond acceptors (Lipinski definition) is 7. The fourth-order valence-electron chi connectivity index (χ4n) is 2.69. The van der Waals surface area contributed by atoms with Crippen LogP contribution in [0.3, 0.4) is 0 Å². The van der Waals surface area contributed by atoms with Gasteiger partial charge in [-0.3, -0.25) is 9.78 Å². The molecule has 1 amide bonds. The highest BCUT2D eigenvalue weighted by Gasteiger charge is 2.19. The zero-order valence-electron chi connectivity index (χ0n) is 16.1.